The van der Waals surface area contributed by atoms with E-state index in [1.165, 1.54) is 12.1 Å². The van der Waals surface area contributed by atoms with Crippen LogP contribution in [0.1, 0.15) is 31.7 Å². The minimum absolute atomic E-state index is 0.0871. The van der Waals surface area contributed by atoms with Gasteiger partial charge in [0.25, 0.3) is 5.69 Å². The second-order valence-corrected chi connectivity index (χ2v) is 5.99. The van der Waals surface area contributed by atoms with Crippen LogP contribution < -0.4 is 0 Å². The van der Waals surface area contributed by atoms with Crippen LogP contribution in [-0.2, 0) is 11.2 Å². The molecule has 0 saturated heterocycles. The Morgan fingerprint density at radius 3 is 2.60 bits per heavy atom. The maximum Gasteiger partial charge on any atom is 0.269 e. The van der Waals surface area contributed by atoms with E-state index in [0.29, 0.717) is 12.0 Å². The molecule has 2 rings (SSSR count). The summed E-state index contributed by atoms with van der Waals surface area (Å²) in [5, 5.41) is 10.7. The van der Waals surface area contributed by atoms with Crippen molar-refractivity contribution in [3.8, 4) is 0 Å². The highest BCUT2D eigenvalue weighted by molar-refractivity contribution is 6.20. The van der Waals surface area contributed by atoms with Crippen LogP contribution in [0.4, 0.5) is 5.69 Å². The molecule has 0 spiro atoms. The number of nitrogens with zero attached hydrogens (tertiary/aromatic N) is 1. The zero-order valence-electron chi connectivity index (χ0n) is 11.6. The highest BCUT2D eigenvalue weighted by Crippen LogP contribution is 2.35. The van der Waals surface area contributed by atoms with Crippen LogP contribution >= 0.6 is 11.6 Å². The van der Waals surface area contributed by atoms with Gasteiger partial charge in [0.15, 0.2) is 0 Å². The van der Waals surface area contributed by atoms with E-state index >= 15 is 0 Å². The molecule has 5 heteroatoms. The Morgan fingerprint density at radius 2 is 2.05 bits per heavy atom. The zero-order valence-corrected chi connectivity index (χ0v) is 12.4. The monoisotopic (exact) mass is 297 g/mol. The normalized spacial score (nSPS) is 23.1. The molecule has 0 bridgehead atoms. The van der Waals surface area contributed by atoms with Crippen molar-refractivity contribution >= 4 is 17.3 Å². The number of nitro groups is 1. The van der Waals surface area contributed by atoms with E-state index in [-0.39, 0.29) is 16.0 Å². The lowest BCUT2D eigenvalue weighted by atomic mass is 9.78. The molecule has 1 aromatic carbocycles. The first kappa shape index (κ1) is 15.3. The molecule has 20 heavy (non-hydrogen) atoms. The van der Waals surface area contributed by atoms with Gasteiger partial charge < -0.3 is 4.74 Å². The number of hydrogen-bond acceptors (Lipinski definition) is 3. The molecule has 1 saturated carbocycles. The Labute approximate surface area is 124 Å². The molecular formula is C15H20ClNO3. The molecule has 1 atom stereocenters. The molecule has 0 radical (unpaired) electrons. The summed E-state index contributed by atoms with van der Waals surface area (Å²) in [6.45, 7) is 2.80. The summed E-state index contributed by atoms with van der Waals surface area (Å²) < 4.78 is 5.54. The van der Waals surface area contributed by atoms with Gasteiger partial charge in [0, 0.05) is 24.1 Å². The summed E-state index contributed by atoms with van der Waals surface area (Å²) >= 11 is 6.38. The van der Waals surface area contributed by atoms with Gasteiger partial charge >= 0.3 is 0 Å². The van der Waals surface area contributed by atoms with E-state index in [2.05, 4.69) is 0 Å². The van der Waals surface area contributed by atoms with Crippen LogP contribution in [-0.4, -0.2) is 23.0 Å². The number of halogens is 1. The lowest BCUT2D eigenvalue weighted by Crippen LogP contribution is -2.33. The molecule has 0 aromatic heterocycles. The SMILES string of the molecule is CCOC1CC(CC(Cl)Cc2ccc([N+](=O)[O-])cc2)C1. The van der Waals surface area contributed by atoms with Crippen LogP contribution in [0.3, 0.4) is 0 Å². The van der Waals surface area contributed by atoms with Crippen LogP contribution in [0, 0.1) is 16.0 Å². The maximum absolute atomic E-state index is 10.6. The Kier molecular flexibility index (Phi) is 5.38. The third-order valence-electron chi connectivity index (χ3n) is 3.79. The van der Waals surface area contributed by atoms with Gasteiger partial charge in [-0.1, -0.05) is 12.1 Å². The predicted octanol–water partition coefficient (Wildman–Crippen LogP) is 3.95. The van der Waals surface area contributed by atoms with Crippen LogP contribution in [0.15, 0.2) is 24.3 Å². The van der Waals surface area contributed by atoms with E-state index < -0.39 is 0 Å². The third kappa shape index (κ3) is 4.18. The summed E-state index contributed by atoms with van der Waals surface area (Å²) in [7, 11) is 0. The number of hydrogen-bond donors (Lipinski definition) is 0. The second kappa shape index (κ2) is 7.04. The van der Waals surface area contributed by atoms with E-state index in [0.717, 1.165) is 37.9 Å². The summed E-state index contributed by atoms with van der Waals surface area (Å²) in [4.78, 5) is 10.2. The standard InChI is InChI=1S/C15H20ClNO3/c1-2-20-15-9-12(10-15)8-13(16)7-11-3-5-14(6-4-11)17(18)19/h3-6,12-13,15H,2,7-10H2,1H3. The van der Waals surface area contributed by atoms with Crippen molar-refractivity contribution in [2.45, 2.75) is 44.1 Å². The highest BCUT2D eigenvalue weighted by Gasteiger charge is 2.30. The van der Waals surface area contributed by atoms with Crippen LogP contribution in [0.2, 0.25) is 0 Å². The lowest BCUT2D eigenvalue weighted by Gasteiger charge is -2.36. The second-order valence-electron chi connectivity index (χ2n) is 5.38. The number of rotatable bonds is 7. The first-order chi connectivity index (χ1) is 9.58. The summed E-state index contributed by atoms with van der Waals surface area (Å²) in [5.41, 5.74) is 1.18. The van der Waals surface area contributed by atoms with Gasteiger partial charge in [-0.2, -0.15) is 0 Å². The average Bonchev–Trinajstić information content (AvgIpc) is 2.37. The zero-order chi connectivity index (χ0) is 14.5. The molecule has 0 amide bonds. The quantitative estimate of drug-likeness (QED) is 0.435. The van der Waals surface area contributed by atoms with Crippen molar-refractivity contribution in [3.05, 3.63) is 39.9 Å². The van der Waals surface area contributed by atoms with E-state index in [1.807, 2.05) is 6.92 Å². The van der Waals surface area contributed by atoms with Crippen LogP contribution in [0.5, 0.6) is 0 Å². The molecule has 1 aliphatic carbocycles. The van der Waals surface area contributed by atoms with E-state index in [9.17, 15) is 10.1 Å². The third-order valence-corrected chi connectivity index (χ3v) is 4.12. The number of ether oxygens (including phenoxy) is 1. The smallest absolute Gasteiger partial charge is 0.269 e. The van der Waals surface area contributed by atoms with Gasteiger partial charge in [0.1, 0.15) is 0 Å². The molecular weight excluding hydrogens is 278 g/mol. The molecule has 1 aromatic rings. The molecule has 0 N–H and O–H groups in total. The fourth-order valence-corrected chi connectivity index (χ4v) is 3.12. The van der Waals surface area contributed by atoms with E-state index in [1.54, 1.807) is 12.1 Å². The van der Waals surface area contributed by atoms with Crippen molar-refractivity contribution in [1.82, 2.24) is 0 Å². The molecule has 4 nitrogen and oxygen atoms in total. The maximum atomic E-state index is 10.6. The van der Waals surface area contributed by atoms with Gasteiger partial charge in [-0.15, -0.1) is 11.6 Å². The van der Waals surface area contributed by atoms with Crippen LogP contribution in [0.25, 0.3) is 0 Å². The topological polar surface area (TPSA) is 52.4 Å². The van der Waals surface area contributed by atoms with E-state index in [4.69, 9.17) is 16.3 Å². The first-order valence-corrected chi connectivity index (χ1v) is 7.51. The molecule has 1 fully saturated rings. The fraction of sp³-hybridized carbons (Fsp3) is 0.600. The Morgan fingerprint density at radius 1 is 1.40 bits per heavy atom. The van der Waals surface area contributed by atoms with Gasteiger partial charge in [0.05, 0.1) is 11.0 Å². The van der Waals surface area contributed by atoms with Crippen molar-refractivity contribution in [1.29, 1.82) is 0 Å². The first-order valence-electron chi connectivity index (χ1n) is 7.07. The largest absolute Gasteiger partial charge is 0.378 e. The number of alkyl halides is 1. The van der Waals surface area contributed by atoms with Gasteiger partial charge in [0.2, 0.25) is 0 Å². The molecule has 110 valence electrons. The minimum Gasteiger partial charge on any atom is -0.378 e. The number of nitro benzene ring substituents is 1. The van der Waals surface area contributed by atoms with Crippen molar-refractivity contribution in [2.75, 3.05) is 6.61 Å². The predicted molar refractivity (Wildman–Crippen MR) is 79.2 cm³/mol. The molecule has 0 aliphatic heterocycles. The van der Waals surface area contributed by atoms with Gasteiger partial charge in [-0.05, 0) is 44.1 Å². The number of non-ortho nitro benzene ring substituents is 1. The Hall–Kier alpha value is -1.13. The van der Waals surface area contributed by atoms with Gasteiger partial charge in [-0.3, -0.25) is 10.1 Å². The Balaban J connectivity index is 1.74. The average molecular weight is 298 g/mol. The molecule has 1 unspecified atom stereocenters. The summed E-state index contributed by atoms with van der Waals surface area (Å²) in [6, 6.07) is 6.65. The fourth-order valence-electron chi connectivity index (χ4n) is 2.69. The summed E-state index contributed by atoms with van der Waals surface area (Å²) in [5.74, 6) is 0.659. The van der Waals surface area contributed by atoms with Crippen molar-refractivity contribution in [2.24, 2.45) is 5.92 Å². The highest BCUT2D eigenvalue weighted by atomic mass is 35.5. The van der Waals surface area contributed by atoms with Crippen molar-refractivity contribution < 1.29 is 9.66 Å². The van der Waals surface area contributed by atoms with Crippen molar-refractivity contribution in [3.63, 3.8) is 0 Å². The lowest BCUT2D eigenvalue weighted by molar-refractivity contribution is -0.384. The minimum atomic E-state index is -0.385. The summed E-state index contributed by atoms with van der Waals surface area (Å²) in [6.07, 6.45) is 4.39. The Bertz CT molecular complexity index is 443. The molecule has 0 heterocycles. The number of benzene rings is 1. The van der Waals surface area contributed by atoms with Gasteiger partial charge in [-0.25, -0.2) is 0 Å². The molecule has 1 aliphatic rings.